The number of hydrogen-bond donors (Lipinski definition) is 1. The maximum Gasteiger partial charge on any atom is 0.276 e. The van der Waals surface area contributed by atoms with Crippen molar-refractivity contribution in [2.75, 3.05) is 5.32 Å². The van der Waals surface area contributed by atoms with Gasteiger partial charge in [-0.1, -0.05) is 35.3 Å². The summed E-state index contributed by atoms with van der Waals surface area (Å²) in [5, 5.41) is 23.2. The van der Waals surface area contributed by atoms with E-state index >= 15 is 0 Å². The number of anilines is 1. The zero-order valence-corrected chi connectivity index (χ0v) is 13.5. The van der Waals surface area contributed by atoms with Gasteiger partial charge in [-0.15, -0.1) is 0 Å². The number of nitro groups is 1. The smallest absolute Gasteiger partial charge is 0.276 e. The molecule has 2 aromatic carbocycles. The monoisotopic (exact) mass is 361 g/mol. The lowest BCUT2D eigenvalue weighted by Gasteiger charge is -2.05. The van der Waals surface area contributed by atoms with E-state index in [4.69, 9.17) is 28.5 Å². The molecule has 0 saturated heterocycles. The number of nitrogens with zero attached hydrogens (tertiary/aromatic N) is 2. The molecule has 120 valence electrons. The molecule has 1 amide bonds. The Bertz CT molecular complexity index is 888. The third-order valence-electron chi connectivity index (χ3n) is 2.98. The minimum atomic E-state index is -0.714. The van der Waals surface area contributed by atoms with Crippen LogP contribution in [0.25, 0.3) is 6.08 Å². The number of carbonyl (C=O) groups excluding carboxylic acids is 1. The topological polar surface area (TPSA) is 96.0 Å². The molecule has 6 nitrogen and oxygen atoms in total. The molecule has 0 saturated carbocycles. The van der Waals surface area contributed by atoms with Crippen LogP contribution in [0.15, 0.2) is 48.0 Å². The van der Waals surface area contributed by atoms with Gasteiger partial charge in [0.05, 0.1) is 20.5 Å². The molecule has 8 heteroatoms. The molecule has 0 heterocycles. The highest BCUT2D eigenvalue weighted by atomic mass is 35.5. The van der Waals surface area contributed by atoms with Crippen LogP contribution in [0.1, 0.15) is 5.56 Å². The van der Waals surface area contributed by atoms with Crippen molar-refractivity contribution >= 4 is 46.6 Å². The average molecular weight is 362 g/mol. The van der Waals surface area contributed by atoms with Crippen LogP contribution in [-0.4, -0.2) is 10.8 Å². The standard InChI is InChI=1S/C16H9Cl2N3O3/c17-13-6-5-12(8-14(13)18)20-16(22)11(9-19)7-10-3-1-2-4-15(10)21(23)24/h1-8H,(H,20,22)/b11-7+. The predicted molar refractivity (Wildman–Crippen MR) is 91.8 cm³/mol. The highest BCUT2D eigenvalue weighted by molar-refractivity contribution is 6.42. The molecule has 0 fully saturated rings. The number of nitrogens with one attached hydrogen (secondary N) is 1. The summed E-state index contributed by atoms with van der Waals surface area (Å²) in [5.74, 6) is -0.714. The summed E-state index contributed by atoms with van der Waals surface area (Å²) in [6.07, 6.45) is 1.16. The van der Waals surface area contributed by atoms with Crippen molar-refractivity contribution in [2.45, 2.75) is 0 Å². The van der Waals surface area contributed by atoms with E-state index in [0.717, 1.165) is 6.08 Å². The molecule has 0 aliphatic rings. The van der Waals surface area contributed by atoms with Crippen LogP contribution in [-0.2, 0) is 4.79 Å². The van der Waals surface area contributed by atoms with E-state index in [9.17, 15) is 14.9 Å². The molecular weight excluding hydrogens is 353 g/mol. The lowest BCUT2D eigenvalue weighted by atomic mass is 10.1. The molecule has 0 spiro atoms. The second-order valence-electron chi connectivity index (χ2n) is 4.57. The van der Waals surface area contributed by atoms with Gasteiger partial charge in [-0.2, -0.15) is 5.26 Å². The molecule has 0 aromatic heterocycles. The van der Waals surface area contributed by atoms with Crippen molar-refractivity contribution in [3.8, 4) is 6.07 Å². The van der Waals surface area contributed by atoms with Crippen molar-refractivity contribution in [1.82, 2.24) is 0 Å². The fourth-order valence-electron chi connectivity index (χ4n) is 1.85. The van der Waals surface area contributed by atoms with Crippen LogP contribution < -0.4 is 5.32 Å². The normalized spacial score (nSPS) is 10.8. The van der Waals surface area contributed by atoms with Gasteiger partial charge in [0.15, 0.2) is 0 Å². The summed E-state index contributed by atoms with van der Waals surface area (Å²) in [5.41, 5.74) is 0.0180. The van der Waals surface area contributed by atoms with E-state index in [-0.39, 0.29) is 21.8 Å². The van der Waals surface area contributed by atoms with Gasteiger partial charge in [0.1, 0.15) is 11.6 Å². The number of halogens is 2. The predicted octanol–water partition coefficient (Wildman–Crippen LogP) is 4.45. The van der Waals surface area contributed by atoms with Gasteiger partial charge >= 0.3 is 0 Å². The lowest BCUT2D eigenvalue weighted by molar-refractivity contribution is -0.385. The number of carbonyl (C=O) groups is 1. The fraction of sp³-hybridized carbons (Fsp3) is 0. The first-order chi connectivity index (χ1) is 11.4. The van der Waals surface area contributed by atoms with Crippen LogP contribution in [0.3, 0.4) is 0 Å². The second kappa shape index (κ2) is 7.59. The molecule has 2 rings (SSSR count). The van der Waals surface area contributed by atoms with E-state index in [1.165, 1.54) is 36.4 Å². The van der Waals surface area contributed by atoms with Crippen molar-refractivity contribution in [2.24, 2.45) is 0 Å². The average Bonchev–Trinajstić information content (AvgIpc) is 2.56. The first-order valence-corrected chi connectivity index (χ1v) is 7.29. The molecule has 0 unspecified atom stereocenters. The van der Waals surface area contributed by atoms with Gasteiger partial charge in [-0.05, 0) is 30.3 Å². The van der Waals surface area contributed by atoms with Gasteiger partial charge in [0.25, 0.3) is 11.6 Å². The summed E-state index contributed by atoms with van der Waals surface area (Å²) in [6.45, 7) is 0. The molecule has 2 aromatic rings. The van der Waals surface area contributed by atoms with Gasteiger partial charge < -0.3 is 5.32 Å². The number of rotatable bonds is 4. The number of benzene rings is 2. The molecule has 0 radical (unpaired) electrons. The minimum Gasteiger partial charge on any atom is -0.321 e. The Morgan fingerprint density at radius 3 is 2.54 bits per heavy atom. The highest BCUT2D eigenvalue weighted by Gasteiger charge is 2.15. The SMILES string of the molecule is N#C/C(=C\c1ccccc1[N+](=O)[O-])C(=O)Nc1ccc(Cl)c(Cl)c1. The number of nitro benzene ring substituents is 1. The van der Waals surface area contributed by atoms with E-state index in [2.05, 4.69) is 5.32 Å². The third kappa shape index (κ3) is 4.10. The Hall–Kier alpha value is -2.88. The van der Waals surface area contributed by atoms with Gasteiger partial charge in [0, 0.05) is 11.8 Å². The van der Waals surface area contributed by atoms with Crippen LogP contribution >= 0.6 is 23.2 Å². The number of hydrogen-bond acceptors (Lipinski definition) is 4. The zero-order valence-electron chi connectivity index (χ0n) is 12.0. The first-order valence-electron chi connectivity index (χ1n) is 6.54. The van der Waals surface area contributed by atoms with Crippen LogP contribution in [0.4, 0.5) is 11.4 Å². The Kier molecular flexibility index (Phi) is 5.53. The molecule has 0 bridgehead atoms. The summed E-state index contributed by atoms with van der Waals surface area (Å²) in [7, 11) is 0. The number of para-hydroxylation sites is 1. The van der Waals surface area contributed by atoms with E-state index in [1.54, 1.807) is 12.1 Å². The third-order valence-corrected chi connectivity index (χ3v) is 3.71. The zero-order chi connectivity index (χ0) is 17.7. The number of amides is 1. The van der Waals surface area contributed by atoms with Crippen molar-refractivity contribution in [1.29, 1.82) is 5.26 Å². The highest BCUT2D eigenvalue weighted by Crippen LogP contribution is 2.26. The number of nitriles is 1. The molecule has 0 aliphatic carbocycles. The largest absolute Gasteiger partial charge is 0.321 e. The van der Waals surface area contributed by atoms with Crippen LogP contribution in [0.5, 0.6) is 0 Å². The quantitative estimate of drug-likeness (QED) is 0.376. The summed E-state index contributed by atoms with van der Waals surface area (Å²) >= 11 is 11.6. The summed E-state index contributed by atoms with van der Waals surface area (Å²) in [6, 6.07) is 12.0. The van der Waals surface area contributed by atoms with E-state index in [1.807, 2.05) is 0 Å². The Morgan fingerprint density at radius 2 is 1.92 bits per heavy atom. The van der Waals surface area contributed by atoms with Gasteiger partial charge in [-0.25, -0.2) is 0 Å². The van der Waals surface area contributed by atoms with Crippen LogP contribution in [0, 0.1) is 21.4 Å². The fourth-order valence-corrected chi connectivity index (χ4v) is 2.15. The maximum atomic E-state index is 12.2. The Balaban J connectivity index is 2.31. The minimum absolute atomic E-state index is 0.156. The molecule has 0 atom stereocenters. The van der Waals surface area contributed by atoms with Crippen LogP contribution in [0.2, 0.25) is 10.0 Å². The van der Waals surface area contributed by atoms with Crippen molar-refractivity contribution < 1.29 is 9.72 Å². The van der Waals surface area contributed by atoms with Crippen molar-refractivity contribution in [3.05, 3.63) is 73.8 Å². The second-order valence-corrected chi connectivity index (χ2v) is 5.38. The van der Waals surface area contributed by atoms with E-state index < -0.39 is 10.8 Å². The Morgan fingerprint density at radius 1 is 1.21 bits per heavy atom. The first kappa shape index (κ1) is 17.5. The maximum absolute atomic E-state index is 12.2. The van der Waals surface area contributed by atoms with Gasteiger partial charge in [0.2, 0.25) is 0 Å². The molecule has 0 aliphatic heterocycles. The van der Waals surface area contributed by atoms with E-state index in [0.29, 0.717) is 10.7 Å². The Labute approximate surface area is 147 Å². The summed E-state index contributed by atoms with van der Waals surface area (Å²) < 4.78 is 0. The van der Waals surface area contributed by atoms with Gasteiger partial charge in [-0.3, -0.25) is 14.9 Å². The molecule has 1 N–H and O–H groups in total. The molecule has 24 heavy (non-hydrogen) atoms. The lowest BCUT2D eigenvalue weighted by Crippen LogP contribution is -2.13. The van der Waals surface area contributed by atoms with Crippen molar-refractivity contribution in [3.63, 3.8) is 0 Å². The summed E-state index contributed by atoms with van der Waals surface area (Å²) in [4.78, 5) is 22.6. The molecular formula is C16H9Cl2N3O3.